The van der Waals surface area contributed by atoms with Gasteiger partial charge in [-0.2, -0.15) is 0 Å². The van der Waals surface area contributed by atoms with Crippen molar-refractivity contribution in [2.75, 3.05) is 32.5 Å². The SMILES string of the molecule is C=CCN(CCOC)C(=O)Cc1ccc(N)cc1. The molecule has 4 heteroatoms. The van der Waals surface area contributed by atoms with Gasteiger partial charge in [-0.3, -0.25) is 4.79 Å². The molecule has 98 valence electrons. The molecular formula is C14H20N2O2. The largest absolute Gasteiger partial charge is 0.399 e. The van der Waals surface area contributed by atoms with Crippen LogP contribution in [-0.2, 0) is 16.0 Å². The molecule has 0 saturated carbocycles. The number of hydrogen-bond donors (Lipinski definition) is 1. The molecule has 0 saturated heterocycles. The van der Waals surface area contributed by atoms with Crippen LogP contribution in [0.1, 0.15) is 5.56 Å². The summed E-state index contributed by atoms with van der Waals surface area (Å²) in [6, 6.07) is 7.34. The van der Waals surface area contributed by atoms with Gasteiger partial charge < -0.3 is 15.4 Å². The Morgan fingerprint density at radius 1 is 1.44 bits per heavy atom. The zero-order valence-corrected chi connectivity index (χ0v) is 10.8. The van der Waals surface area contributed by atoms with E-state index in [1.807, 2.05) is 12.1 Å². The van der Waals surface area contributed by atoms with Gasteiger partial charge in [-0.15, -0.1) is 6.58 Å². The number of ether oxygens (including phenoxy) is 1. The fourth-order valence-electron chi connectivity index (χ4n) is 1.60. The minimum Gasteiger partial charge on any atom is -0.399 e. The quantitative estimate of drug-likeness (QED) is 0.587. The van der Waals surface area contributed by atoms with Crippen molar-refractivity contribution in [2.45, 2.75) is 6.42 Å². The summed E-state index contributed by atoms with van der Waals surface area (Å²) in [6.07, 6.45) is 2.09. The van der Waals surface area contributed by atoms with E-state index in [0.717, 1.165) is 5.56 Å². The molecular weight excluding hydrogens is 228 g/mol. The number of amides is 1. The van der Waals surface area contributed by atoms with E-state index < -0.39 is 0 Å². The highest BCUT2D eigenvalue weighted by atomic mass is 16.5. The Bertz CT molecular complexity index is 387. The zero-order valence-electron chi connectivity index (χ0n) is 10.8. The number of carbonyl (C=O) groups is 1. The first-order valence-corrected chi connectivity index (χ1v) is 5.89. The van der Waals surface area contributed by atoms with Crippen molar-refractivity contribution in [3.05, 3.63) is 42.5 Å². The Balaban J connectivity index is 2.59. The lowest BCUT2D eigenvalue weighted by Gasteiger charge is -2.20. The van der Waals surface area contributed by atoms with Crippen molar-refractivity contribution in [1.82, 2.24) is 4.90 Å². The van der Waals surface area contributed by atoms with Crippen molar-refractivity contribution in [1.29, 1.82) is 0 Å². The Morgan fingerprint density at radius 3 is 2.67 bits per heavy atom. The summed E-state index contributed by atoms with van der Waals surface area (Å²) in [6.45, 7) is 5.31. The van der Waals surface area contributed by atoms with E-state index in [-0.39, 0.29) is 5.91 Å². The molecule has 1 aromatic rings. The number of nitrogen functional groups attached to an aromatic ring is 1. The predicted molar refractivity (Wildman–Crippen MR) is 73.2 cm³/mol. The lowest BCUT2D eigenvalue weighted by atomic mass is 10.1. The number of carbonyl (C=O) groups excluding carboxylic acids is 1. The van der Waals surface area contributed by atoms with Crippen LogP contribution >= 0.6 is 0 Å². The molecule has 0 spiro atoms. The van der Waals surface area contributed by atoms with E-state index in [4.69, 9.17) is 10.5 Å². The van der Waals surface area contributed by atoms with Gasteiger partial charge >= 0.3 is 0 Å². The second-order valence-electron chi connectivity index (χ2n) is 4.04. The van der Waals surface area contributed by atoms with E-state index >= 15 is 0 Å². The van der Waals surface area contributed by atoms with Crippen LogP contribution in [0, 0.1) is 0 Å². The number of anilines is 1. The minimum atomic E-state index is 0.0664. The first-order valence-electron chi connectivity index (χ1n) is 5.89. The highest BCUT2D eigenvalue weighted by Crippen LogP contribution is 2.07. The van der Waals surface area contributed by atoms with Gasteiger partial charge in [-0.25, -0.2) is 0 Å². The Hall–Kier alpha value is -1.81. The predicted octanol–water partition coefficient (Wildman–Crippen LogP) is 1.47. The van der Waals surface area contributed by atoms with Gasteiger partial charge in [0.15, 0.2) is 0 Å². The summed E-state index contributed by atoms with van der Waals surface area (Å²) in [5.41, 5.74) is 7.27. The first kappa shape index (κ1) is 14.3. The molecule has 4 nitrogen and oxygen atoms in total. The van der Waals surface area contributed by atoms with Crippen molar-refractivity contribution in [2.24, 2.45) is 0 Å². The maximum atomic E-state index is 12.1. The van der Waals surface area contributed by atoms with Crippen LogP contribution in [0.25, 0.3) is 0 Å². The Morgan fingerprint density at radius 2 is 2.11 bits per heavy atom. The molecule has 1 rings (SSSR count). The summed E-state index contributed by atoms with van der Waals surface area (Å²) in [5.74, 6) is 0.0664. The number of hydrogen-bond acceptors (Lipinski definition) is 3. The van der Waals surface area contributed by atoms with Gasteiger partial charge in [0.1, 0.15) is 0 Å². The monoisotopic (exact) mass is 248 g/mol. The summed E-state index contributed by atoms with van der Waals surface area (Å²) in [7, 11) is 1.62. The lowest BCUT2D eigenvalue weighted by molar-refractivity contribution is -0.130. The summed E-state index contributed by atoms with van der Waals surface area (Å²) >= 11 is 0. The number of nitrogens with two attached hydrogens (primary N) is 1. The Kier molecular flexibility index (Phi) is 5.94. The van der Waals surface area contributed by atoms with Crippen molar-refractivity contribution in [3.8, 4) is 0 Å². The molecule has 0 aromatic heterocycles. The molecule has 0 atom stereocenters. The first-order chi connectivity index (χ1) is 8.67. The molecule has 0 bridgehead atoms. The molecule has 0 aliphatic carbocycles. The van der Waals surface area contributed by atoms with Crippen molar-refractivity contribution >= 4 is 11.6 Å². The molecule has 0 heterocycles. The number of rotatable bonds is 7. The van der Waals surface area contributed by atoms with Crippen LogP contribution in [0.5, 0.6) is 0 Å². The van der Waals surface area contributed by atoms with E-state index in [2.05, 4.69) is 6.58 Å². The topological polar surface area (TPSA) is 55.6 Å². The third-order valence-electron chi connectivity index (χ3n) is 2.60. The summed E-state index contributed by atoms with van der Waals surface area (Å²) in [4.78, 5) is 13.8. The van der Waals surface area contributed by atoms with Crippen molar-refractivity contribution < 1.29 is 9.53 Å². The summed E-state index contributed by atoms with van der Waals surface area (Å²) < 4.78 is 4.99. The van der Waals surface area contributed by atoms with Gasteiger partial charge in [0.05, 0.1) is 13.0 Å². The number of benzene rings is 1. The van der Waals surface area contributed by atoms with E-state index in [1.54, 1.807) is 30.2 Å². The van der Waals surface area contributed by atoms with Crippen molar-refractivity contribution in [3.63, 3.8) is 0 Å². The molecule has 0 aliphatic heterocycles. The van der Waals surface area contributed by atoms with E-state index in [9.17, 15) is 4.79 Å². The third-order valence-corrected chi connectivity index (χ3v) is 2.60. The van der Waals surface area contributed by atoms with E-state index in [1.165, 1.54) is 0 Å². The highest BCUT2D eigenvalue weighted by Gasteiger charge is 2.12. The average Bonchev–Trinajstić information content (AvgIpc) is 2.37. The normalized spacial score (nSPS) is 10.1. The van der Waals surface area contributed by atoms with Gasteiger partial charge in [-0.05, 0) is 17.7 Å². The fourth-order valence-corrected chi connectivity index (χ4v) is 1.60. The zero-order chi connectivity index (χ0) is 13.4. The van der Waals surface area contributed by atoms with Gasteiger partial charge in [-0.1, -0.05) is 18.2 Å². The highest BCUT2D eigenvalue weighted by molar-refractivity contribution is 5.79. The van der Waals surface area contributed by atoms with Gasteiger partial charge in [0.2, 0.25) is 5.91 Å². The maximum absolute atomic E-state index is 12.1. The molecule has 0 radical (unpaired) electrons. The second-order valence-corrected chi connectivity index (χ2v) is 4.04. The van der Waals surface area contributed by atoms with E-state index in [0.29, 0.717) is 31.8 Å². The second kappa shape index (κ2) is 7.50. The molecule has 2 N–H and O–H groups in total. The minimum absolute atomic E-state index is 0.0664. The van der Waals surface area contributed by atoms with Crippen LogP contribution in [0.15, 0.2) is 36.9 Å². The van der Waals surface area contributed by atoms with Gasteiger partial charge in [0, 0.05) is 25.9 Å². The molecule has 1 amide bonds. The number of methoxy groups -OCH3 is 1. The summed E-state index contributed by atoms with van der Waals surface area (Å²) in [5, 5.41) is 0. The van der Waals surface area contributed by atoms with Gasteiger partial charge in [0.25, 0.3) is 0 Å². The van der Waals surface area contributed by atoms with Crippen LogP contribution in [0.3, 0.4) is 0 Å². The number of nitrogens with zero attached hydrogens (tertiary/aromatic N) is 1. The average molecular weight is 248 g/mol. The standard InChI is InChI=1S/C14H20N2O2/c1-3-8-16(9-10-18-2)14(17)11-12-4-6-13(15)7-5-12/h3-7H,1,8-11,15H2,2H3. The van der Waals surface area contributed by atoms with Crippen LogP contribution < -0.4 is 5.73 Å². The molecule has 0 fully saturated rings. The van der Waals surface area contributed by atoms with Crippen LogP contribution in [0.4, 0.5) is 5.69 Å². The Labute approximate surface area is 108 Å². The smallest absolute Gasteiger partial charge is 0.227 e. The van der Waals surface area contributed by atoms with Crippen LogP contribution in [-0.4, -0.2) is 37.6 Å². The third kappa shape index (κ3) is 4.59. The van der Waals surface area contributed by atoms with Crippen LogP contribution in [0.2, 0.25) is 0 Å². The molecule has 18 heavy (non-hydrogen) atoms. The molecule has 0 aliphatic rings. The lowest BCUT2D eigenvalue weighted by Crippen LogP contribution is -2.35. The maximum Gasteiger partial charge on any atom is 0.227 e. The molecule has 0 unspecified atom stereocenters. The molecule has 1 aromatic carbocycles. The fraction of sp³-hybridized carbons (Fsp3) is 0.357.